The Balaban J connectivity index is 2.35. The lowest BCUT2D eigenvalue weighted by atomic mass is 9.94. The van der Waals surface area contributed by atoms with Gasteiger partial charge in [0.1, 0.15) is 5.54 Å². The molecule has 1 aliphatic rings. The topological polar surface area (TPSA) is 56.0 Å². The number of aliphatic hydroxyl groups is 1. The van der Waals surface area contributed by atoms with Crippen LogP contribution in [0.1, 0.15) is 19.3 Å². The molecule has 0 bridgehead atoms. The third-order valence-corrected chi connectivity index (χ3v) is 3.34. The molecule has 13 heavy (non-hydrogen) atoms. The van der Waals surface area contributed by atoms with Crippen molar-refractivity contribution >= 4 is 11.8 Å². The average Bonchev–Trinajstić information content (AvgIpc) is 2.20. The van der Waals surface area contributed by atoms with Gasteiger partial charge in [0.25, 0.3) is 0 Å². The van der Waals surface area contributed by atoms with E-state index in [4.69, 9.17) is 10.4 Å². The molecule has 0 spiro atoms. The molecule has 3 nitrogen and oxygen atoms in total. The van der Waals surface area contributed by atoms with Crippen molar-refractivity contribution in [2.75, 3.05) is 24.7 Å². The van der Waals surface area contributed by atoms with Gasteiger partial charge in [-0.15, -0.1) is 0 Å². The van der Waals surface area contributed by atoms with E-state index in [0.717, 1.165) is 37.3 Å². The molecule has 0 amide bonds. The summed E-state index contributed by atoms with van der Waals surface area (Å²) in [5, 5.41) is 20.9. The van der Waals surface area contributed by atoms with E-state index in [2.05, 4.69) is 11.4 Å². The Hall–Kier alpha value is -0.240. The van der Waals surface area contributed by atoms with Crippen LogP contribution in [0.5, 0.6) is 0 Å². The maximum atomic E-state index is 9.06. The molecule has 0 aliphatic carbocycles. The molecule has 74 valence electrons. The molecule has 0 unspecified atom stereocenters. The molecule has 1 heterocycles. The van der Waals surface area contributed by atoms with Crippen LogP contribution < -0.4 is 5.32 Å². The highest BCUT2D eigenvalue weighted by Crippen LogP contribution is 2.26. The maximum Gasteiger partial charge on any atom is 0.108 e. The second-order valence-electron chi connectivity index (χ2n) is 3.31. The summed E-state index contributed by atoms with van der Waals surface area (Å²) in [6.45, 7) is 0.942. The lowest BCUT2D eigenvalue weighted by molar-refractivity contribution is 0.275. The van der Waals surface area contributed by atoms with E-state index in [1.54, 1.807) is 0 Å². The first-order valence-corrected chi connectivity index (χ1v) is 5.83. The van der Waals surface area contributed by atoms with E-state index in [-0.39, 0.29) is 12.1 Å². The zero-order valence-corrected chi connectivity index (χ0v) is 8.57. The Kier molecular flexibility index (Phi) is 4.57. The number of nitrogens with zero attached hydrogens (tertiary/aromatic N) is 1. The van der Waals surface area contributed by atoms with Gasteiger partial charge in [-0.2, -0.15) is 17.0 Å². The first kappa shape index (κ1) is 10.8. The van der Waals surface area contributed by atoms with Crippen molar-refractivity contribution in [2.24, 2.45) is 0 Å². The zero-order valence-electron chi connectivity index (χ0n) is 7.75. The minimum absolute atomic E-state index is 0.198. The normalized spacial score (nSPS) is 20.9. The molecule has 1 rings (SSSR count). The van der Waals surface area contributed by atoms with E-state index < -0.39 is 0 Å². The van der Waals surface area contributed by atoms with Gasteiger partial charge < -0.3 is 5.11 Å². The van der Waals surface area contributed by atoms with Gasteiger partial charge in [-0.3, -0.25) is 5.32 Å². The maximum absolute atomic E-state index is 9.06. The van der Waals surface area contributed by atoms with Crippen LogP contribution in [0, 0.1) is 11.3 Å². The van der Waals surface area contributed by atoms with Gasteiger partial charge in [0.2, 0.25) is 0 Å². The van der Waals surface area contributed by atoms with E-state index in [9.17, 15) is 0 Å². The summed E-state index contributed by atoms with van der Waals surface area (Å²) in [4.78, 5) is 0. The molecule has 1 saturated heterocycles. The van der Waals surface area contributed by atoms with Crippen LogP contribution in [-0.4, -0.2) is 35.3 Å². The van der Waals surface area contributed by atoms with Crippen molar-refractivity contribution in [3.63, 3.8) is 0 Å². The number of hydrogen-bond donors (Lipinski definition) is 2. The van der Waals surface area contributed by atoms with Gasteiger partial charge in [0.05, 0.1) is 6.07 Å². The molecule has 1 fully saturated rings. The highest BCUT2D eigenvalue weighted by Gasteiger charge is 2.31. The van der Waals surface area contributed by atoms with Crippen LogP contribution in [0.15, 0.2) is 0 Å². The van der Waals surface area contributed by atoms with Crippen LogP contribution in [0.4, 0.5) is 0 Å². The first-order valence-electron chi connectivity index (χ1n) is 4.68. The molecule has 0 atom stereocenters. The molecule has 0 aromatic rings. The quantitative estimate of drug-likeness (QED) is 0.657. The van der Waals surface area contributed by atoms with Crippen LogP contribution >= 0.6 is 11.8 Å². The largest absolute Gasteiger partial charge is 0.396 e. The van der Waals surface area contributed by atoms with E-state index in [0.29, 0.717) is 0 Å². The van der Waals surface area contributed by atoms with Gasteiger partial charge >= 0.3 is 0 Å². The van der Waals surface area contributed by atoms with Gasteiger partial charge in [0, 0.05) is 6.61 Å². The highest BCUT2D eigenvalue weighted by atomic mass is 32.2. The number of nitrogens with one attached hydrogen (secondary N) is 1. The fourth-order valence-corrected chi connectivity index (χ4v) is 2.64. The fraction of sp³-hybridized carbons (Fsp3) is 0.889. The predicted molar refractivity (Wildman–Crippen MR) is 54.6 cm³/mol. The molecular weight excluding hydrogens is 184 g/mol. The molecule has 0 saturated carbocycles. The SMILES string of the molecule is N#CC1(NCCCO)CCSCC1. The summed E-state index contributed by atoms with van der Waals surface area (Å²) in [5.74, 6) is 2.14. The summed E-state index contributed by atoms with van der Waals surface area (Å²) >= 11 is 1.91. The van der Waals surface area contributed by atoms with Crippen molar-refractivity contribution < 1.29 is 5.11 Å². The number of rotatable bonds is 4. The molecule has 2 N–H and O–H groups in total. The summed E-state index contributed by atoms with van der Waals surface area (Å²) in [6, 6.07) is 2.37. The van der Waals surface area contributed by atoms with Crippen LogP contribution in [0.25, 0.3) is 0 Å². The Morgan fingerprint density at radius 1 is 1.46 bits per heavy atom. The van der Waals surface area contributed by atoms with Gasteiger partial charge in [-0.05, 0) is 37.3 Å². The monoisotopic (exact) mass is 200 g/mol. The molecule has 0 radical (unpaired) electrons. The smallest absolute Gasteiger partial charge is 0.108 e. The van der Waals surface area contributed by atoms with Crippen LogP contribution in [0.3, 0.4) is 0 Å². The summed E-state index contributed by atoms with van der Waals surface area (Å²) < 4.78 is 0. The minimum atomic E-state index is -0.305. The zero-order chi connectivity index (χ0) is 9.57. The lowest BCUT2D eigenvalue weighted by Gasteiger charge is -2.31. The second kappa shape index (κ2) is 5.48. The highest BCUT2D eigenvalue weighted by molar-refractivity contribution is 7.99. The van der Waals surface area contributed by atoms with Crippen LogP contribution in [-0.2, 0) is 0 Å². The van der Waals surface area contributed by atoms with Gasteiger partial charge in [-0.25, -0.2) is 0 Å². The molecule has 4 heteroatoms. The van der Waals surface area contributed by atoms with Crippen molar-refractivity contribution in [3.05, 3.63) is 0 Å². The summed E-state index contributed by atoms with van der Waals surface area (Å²) in [7, 11) is 0. The van der Waals surface area contributed by atoms with Crippen molar-refractivity contribution in [2.45, 2.75) is 24.8 Å². The number of aliphatic hydroxyl groups excluding tert-OH is 1. The van der Waals surface area contributed by atoms with E-state index in [1.807, 2.05) is 11.8 Å². The van der Waals surface area contributed by atoms with Crippen molar-refractivity contribution in [1.29, 1.82) is 5.26 Å². The molecule has 0 aromatic heterocycles. The van der Waals surface area contributed by atoms with Crippen LogP contribution in [0.2, 0.25) is 0 Å². The molecular formula is C9H16N2OS. The number of nitriles is 1. The van der Waals surface area contributed by atoms with E-state index in [1.165, 1.54) is 0 Å². The Morgan fingerprint density at radius 3 is 2.69 bits per heavy atom. The minimum Gasteiger partial charge on any atom is -0.396 e. The average molecular weight is 200 g/mol. The van der Waals surface area contributed by atoms with Gasteiger partial charge in [0.15, 0.2) is 0 Å². The summed E-state index contributed by atoms with van der Waals surface area (Å²) in [6.07, 6.45) is 2.59. The number of hydrogen-bond acceptors (Lipinski definition) is 4. The van der Waals surface area contributed by atoms with E-state index >= 15 is 0 Å². The predicted octanol–water partition coefficient (Wildman–Crippen LogP) is 0.748. The van der Waals surface area contributed by atoms with Crippen molar-refractivity contribution in [3.8, 4) is 6.07 Å². The van der Waals surface area contributed by atoms with Crippen molar-refractivity contribution in [1.82, 2.24) is 5.32 Å². The Labute approximate surface area is 83.5 Å². The number of thioether (sulfide) groups is 1. The standard InChI is InChI=1S/C9H16N2OS/c10-8-9(11-4-1-5-12)2-6-13-7-3-9/h11-12H,1-7H2. The lowest BCUT2D eigenvalue weighted by Crippen LogP contribution is -2.47. The Morgan fingerprint density at radius 2 is 2.15 bits per heavy atom. The Bertz CT molecular complexity index is 185. The third kappa shape index (κ3) is 3.18. The molecule has 1 aliphatic heterocycles. The van der Waals surface area contributed by atoms with Gasteiger partial charge in [-0.1, -0.05) is 0 Å². The fourth-order valence-electron chi connectivity index (χ4n) is 1.45. The third-order valence-electron chi connectivity index (χ3n) is 2.36. The second-order valence-corrected chi connectivity index (χ2v) is 4.53. The first-order chi connectivity index (χ1) is 6.33. The molecule has 0 aromatic carbocycles. The summed E-state index contributed by atoms with van der Waals surface area (Å²) in [5.41, 5.74) is -0.305.